The Morgan fingerprint density at radius 1 is 1.14 bits per heavy atom. The van der Waals surface area contributed by atoms with Crippen molar-refractivity contribution in [2.45, 2.75) is 37.6 Å². The summed E-state index contributed by atoms with van der Waals surface area (Å²) in [7, 11) is 0. The van der Waals surface area contributed by atoms with Crippen molar-refractivity contribution in [2.24, 2.45) is 11.7 Å². The van der Waals surface area contributed by atoms with Gasteiger partial charge in [-0.05, 0) is 38.0 Å². The first kappa shape index (κ1) is 10.4. The Bertz CT molecular complexity index is 172. The first-order valence-corrected chi connectivity index (χ1v) is 5.73. The third-order valence-electron chi connectivity index (χ3n) is 3.53. The van der Waals surface area contributed by atoms with Crippen molar-refractivity contribution in [2.75, 3.05) is 26.4 Å². The molecule has 0 aromatic heterocycles. The number of hydrogen-bond acceptors (Lipinski definition) is 3. The summed E-state index contributed by atoms with van der Waals surface area (Å²) in [5, 5.41) is 0. The molecule has 3 nitrogen and oxygen atoms in total. The largest absolute Gasteiger partial charge is 0.381 e. The Labute approximate surface area is 85.9 Å². The molecule has 3 heteroatoms. The second kappa shape index (κ2) is 4.60. The van der Waals surface area contributed by atoms with E-state index in [0.717, 1.165) is 45.2 Å². The highest BCUT2D eigenvalue weighted by Gasteiger charge is 2.30. The Morgan fingerprint density at radius 2 is 1.93 bits per heavy atom. The van der Waals surface area contributed by atoms with E-state index in [1.54, 1.807) is 0 Å². The molecule has 0 spiro atoms. The van der Waals surface area contributed by atoms with Crippen LogP contribution < -0.4 is 5.73 Å². The van der Waals surface area contributed by atoms with Crippen LogP contribution in [0, 0.1) is 5.92 Å². The van der Waals surface area contributed by atoms with E-state index in [1.165, 1.54) is 19.3 Å². The van der Waals surface area contributed by atoms with Crippen molar-refractivity contribution in [3.63, 3.8) is 0 Å². The van der Waals surface area contributed by atoms with E-state index in [9.17, 15) is 0 Å². The lowest BCUT2D eigenvalue weighted by Gasteiger charge is -2.27. The number of hydrogen-bond donors (Lipinski definition) is 1. The monoisotopic (exact) mass is 199 g/mol. The van der Waals surface area contributed by atoms with Crippen LogP contribution in [0.25, 0.3) is 0 Å². The maximum Gasteiger partial charge on any atom is 0.0647 e. The van der Waals surface area contributed by atoms with Crippen LogP contribution in [0.2, 0.25) is 0 Å². The second-order valence-electron chi connectivity index (χ2n) is 4.76. The fourth-order valence-corrected chi connectivity index (χ4v) is 2.35. The molecule has 0 bridgehead atoms. The molecule has 2 heterocycles. The molecule has 2 rings (SSSR count). The Morgan fingerprint density at radius 3 is 2.57 bits per heavy atom. The summed E-state index contributed by atoms with van der Waals surface area (Å²) in [5.74, 6) is 0.838. The van der Waals surface area contributed by atoms with Gasteiger partial charge in [0.1, 0.15) is 0 Å². The third kappa shape index (κ3) is 2.69. The molecule has 0 saturated carbocycles. The van der Waals surface area contributed by atoms with Gasteiger partial charge in [0.25, 0.3) is 0 Å². The number of ether oxygens (including phenoxy) is 2. The molecular weight excluding hydrogens is 178 g/mol. The van der Waals surface area contributed by atoms with Crippen LogP contribution in [-0.2, 0) is 9.47 Å². The Balaban J connectivity index is 1.70. The van der Waals surface area contributed by atoms with Crippen molar-refractivity contribution in [3.8, 4) is 0 Å². The highest BCUT2D eigenvalue weighted by Crippen LogP contribution is 2.27. The number of rotatable bonds is 3. The van der Waals surface area contributed by atoms with Crippen LogP contribution in [0.5, 0.6) is 0 Å². The van der Waals surface area contributed by atoms with Gasteiger partial charge in [-0.25, -0.2) is 0 Å². The smallest absolute Gasteiger partial charge is 0.0647 e. The summed E-state index contributed by atoms with van der Waals surface area (Å²) >= 11 is 0. The lowest BCUT2D eigenvalue weighted by Crippen LogP contribution is -2.40. The van der Waals surface area contributed by atoms with E-state index in [2.05, 4.69) is 0 Å². The minimum absolute atomic E-state index is 0.0156. The van der Waals surface area contributed by atoms with Crippen molar-refractivity contribution < 1.29 is 9.47 Å². The summed E-state index contributed by atoms with van der Waals surface area (Å²) in [4.78, 5) is 0. The third-order valence-corrected chi connectivity index (χ3v) is 3.53. The topological polar surface area (TPSA) is 44.5 Å². The molecule has 0 amide bonds. The fraction of sp³-hybridized carbons (Fsp3) is 1.00. The minimum atomic E-state index is -0.0156. The van der Waals surface area contributed by atoms with Crippen LogP contribution in [0.15, 0.2) is 0 Å². The van der Waals surface area contributed by atoms with Crippen molar-refractivity contribution >= 4 is 0 Å². The summed E-state index contributed by atoms with van der Waals surface area (Å²) < 4.78 is 10.7. The van der Waals surface area contributed by atoms with Crippen molar-refractivity contribution in [1.82, 2.24) is 0 Å². The van der Waals surface area contributed by atoms with Crippen LogP contribution in [0.1, 0.15) is 32.1 Å². The molecule has 2 fully saturated rings. The maximum atomic E-state index is 6.22. The zero-order valence-corrected chi connectivity index (χ0v) is 8.84. The highest BCUT2D eigenvalue weighted by atomic mass is 16.5. The zero-order chi connectivity index (χ0) is 9.86. The average Bonchev–Trinajstić information content (AvgIpc) is 2.65. The second-order valence-corrected chi connectivity index (χ2v) is 4.76. The first-order chi connectivity index (χ1) is 6.79. The average molecular weight is 199 g/mol. The van der Waals surface area contributed by atoms with E-state index in [1.807, 2.05) is 0 Å². The van der Waals surface area contributed by atoms with Gasteiger partial charge in [-0.15, -0.1) is 0 Å². The van der Waals surface area contributed by atoms with E-state index in [4.69, 9.17) is 15.2 Å². The van der Waals surface area contributed by atoms with Crippen molar-refractivity contribution in [1.29, 1.82) is 0 Å². The van der Waals surface area contributed by atoms with Gasteiger partial charge in [-0.1, -0.05) is 0 Å². The lowest BCUT2D eigenvalue weighted by atomic mass is 9.86. The van der Waals surface area contributed by atoms with Gasteiger partial charge in [0.05, 0.1) is 6.61 Å². The Hall–Kier alpha value is -0.120. The molecule has 1 atom stereocenters. The van der Waals surface area contributed by atoms with Gasteiger partial charge in [0, 0.05) is 25.4 Å². The van der Waals surface area contributed by atoms with E-state index >= 15 is 0 Å². The molecule has 0 aromatic carbocycles. The first-order valence-electron chi connectivity index (χ1n) is 5.73. The Kier molecular flexibility index (Phi) is 3.42. The van der Waals surface area contributed by atoms with Gasteiger partial charge in [-0.3, -0.25) is 0 Å². The minimum Gasteiger partial charge on any atom is -0.381 e. The number of nitrogens with two attached hydrogens (primary N) is 1. The molecule has 1 unspecified atom stereocenters. The molecule has 0 aliphatic carbocycles. The van der Waals surface area contributed by atoms with Gasteiger partial charge in [0.15, 0.2) is 0 Å². The molecule has 2 aliphatic heterocycles. The quantitative estimate of drug-likeness (QED) is 0.745. The summed E-state index contributed by atoms with van der Waals surface area (Å²) in [6.45, 7) is 3.50. The van der Waals surface area contributed by atoms with Crippen LogP contribution >= 0.6 is 0 Å². The molecule has 82 valence electrons. The molecule has 2 saturated heterocycles. The van der Waals surface area contributed by atoms with Crippen LogP contribution in [-0.4, -0.2) is 32.0 Å². The van der Waals surface area contributed by atoms with Crippen molar-refractivity contribution in [3.05, 3.63) is 0 Å². The summed E-state index contributed by atoms with van der Waals surface area (Å²) in [5.41, 5.74) is 6.20. The standard InChI is InChI=1S/C11H21NO2/c12-11(5-8-14-9-11)4-1-10-2-6-13-7-3-10/h10H,1-9,12H2. The predicted molar refractivity (Wildman–Crippen MR) is 55.1 cm³/mol. The maximum absolute atomic E-state index is 6.22. The van der Waals surface area contributed by atoms with E-state index in [-0.39, 0.29) is 5.54 Å². The molecule has 0 aromatic rings. The normalized spacial score (nSPS) is 34.9. The van der Waals surface area contributed by atoms with Gasteiger partial charge >= 0.3 is 0 Å². The van der Waals surface area contributed by atoms with Gasteiger partial charge < -0.3 is 15.2 Å². The summed E-state index contributed by atoms with van der Waals surface area (Å²) in [6, 6.07) is 0. The molecular formula is C11H21NO2. The fourth-order valence-electron chi connectivity index (χ4n) is 2.35. The lowest BCUT2D eigenvalue weighted by molar-refractivity contribution is 0.0606. The molecule has 0 radical (unpaired) electrons. The van der Waals surface area contributed by atoms with E-state index in [0.29, 0.717) is 0 Å². The SMILES string of the molecule is NC1(CCC2CCOCC2)CCOC1. The van der Waals surface area contributed by atoms with Crippen LogP contribution in [0.4, 0.5) is 0 Å². The van der Waals surface area contributed by atoms with Gasteiger partial charge in [0.2, 0.25) is 0 Å². The van der Waals surface area contributed by atoms with E-state index < -0.39 is 0 Å². The molecule has 2 N–H and O–H groups in total. The predicted octanol–water partition coefficient (Wildman–Crippen LogP) is 1.31. The highest BCUT2D eigenvalue weighted by molar-refractivity contribution is 4.88. The zero-order valence-electron chi connectivity index (χ0n) is 8.84. The summed E-state index contributed by atoms with van der Waals surface area (Å²) in [6.07, 6.45) is 5.85. The van der Waals surface area contributed by atoms with Gasteiger partial charge in [-0.2, -0.15) is 0 Å². The molecule has 14 heavy (non-hydrogen) atoms. The van der Waals surface area contributed by atoms with Crippen LogP contribution in [0.3, 0.4) is 0 Å². The molecule has 2 aliphatic rings.